The van der Waals surface area contributed by atoms with Gasteiger partial charge in [-0.3, -0.25) is 0 Å². The fraction of sp³-hybridized carbons (Fsp3) is 0.400. The van der Waals surface area contributed by atoms with E-state index in [-0.39, 0.29) is 5.92 Å². The van der Waals surface area contributed by atoms with Crippen molar-refractivity contribution in [3.8, 4) is 0 Å². The fourth-order valence-electron chi connectivity index (χ4n) is 2.16. The summed E-state index contributed by atoms with van der Waals surface area (Å²) in [7, 11) is -3.42. The highest BCUT2D eigenvalue weighted by Gasteiger charge is 2.35. The SMILES string of the molecule is CC1c2ccccc2CC1S(N)(=O)=O. The predicted molar refractivity (Wildman–Crippen MR) is 55.5 cm³/mol. The van der Waals surface area contributed by atoms with Crippen LogP contribution in [-0.2, 0) is 16.4 Å². The van der Waals surface area contributed by atoms with E-state index in [4.69, 9.17) is 5.14 Å². The second kappa shape index (κ2) is 3.07. The molecule has 0 radical (unpaired) electrons. The molecular formula is C10H13NO2S. The smallest absolute Gasteiger partial charge is 0.212 e. The lowest BCUT2D eigenvalue weighted by Crippen LogP contribution is -2.30. The van der Waals surface area contributed by atoms with E-state index in [1.165, 1.54) is 0 Å². The summed E-state index contributed by atoms with van der Waals surface area (Å²) < 4.78 is 22.6. The van der Waals surface area contributed by atoms with Gasteiger partial charge in [0.2, 0.25) is 10.0 Å². The minimum absolute atomic E-state index is 0.0150. The molecule has 0 bridgehead atoms. The summed E-state index contributed by atoms with van der Waals surface area (Å²) in [6, 6.07) is 7.81. The standard InChI is InChI=1S/C10H13NO2S/c1-7-9-5-3-2-4-8(9)6-10(7)14(11,12)13/h2-5,7,10H,6H2,1H3,(H2,11,12,13). The normalized spacial score (nSPS) is 26.1. The predicted octanol–water partition coefficient (Wildman–Crippen LogP) is 1.00. The van der Waals surface area contributed by atoms with E-state index in [2.05, 4.69) is 0 Å². The summed E-state index contributed by atoms with van der Waals surface area (Å²) in [5.74, 6) is 0.0150. The van der Waals surface area contributed by atoms with Gasteiger partial charge in [0.25, 0.3) is 0 Å². The number of hydrogen-bond donors (Lipinski definition) is 1. The highest BCUT2D eigenvalue weighted by Crippen LogP contribution is 2.35. The van der Waals surface area contributed by atoms with Crippen molar-refractivity contribution in [2.75, 3.05) is 0 Å². The van der Waals surface area contributed by atoms with E-state index in [1.54, 1.807) is 0 Å². The molecule has 14 heavy (non-hydrogen) atoms. The molecule has 1 aliphatic carbocycles. The molecule has 2 N–H and O–H groups in total. The maximum atomic E-state index is 11.3. The molecule has 2 unspecified atom stereocenters. The molecule has 2 rings (SSSR count). The van der Waals surface area contributed by atoms with Gasteiger partial charge in [0.05, 0.1) is 5.25 Å². The highest BCUT2D eigenvalue weighted by molar-refractivity contribution is 7.89. The quantitative estimate of drug-likeness (QED) is 0.753. The van der Waals surface area contributed by atoms with Crippen LogP contribution in [0.1, 0.15) is 24.0 Å². The Hall–Kier alpha value is -0.870. The van der Waals surface area contributed by atoms with Gasteiger partial charge in [-0.25, -0.2) is 13.6 Å². The molecule has 0 aliphatic heterocycles. The molecule has 4 heteroatoms. The molecule has 0 aromatic heterocycles. The van der Waals surface area contributed by atoms with Gasteiger partial charge in [-0.05, 0) is 23.5 Å². The topological polar surface area (TPSA) is 60.2 Å². The fourth-order valence-corrected chi connectivity index (χ4v) is 3.29. The number of benzene rings is 1. The summed E-state index contributed by atoms with van der Waals surface area (Å²) in [5.41, 5.74) is 2.23. The molecule has 0 spiro atoms. The van der Waals surface area contributed by atoms with Crippen LogP contribution in [0.15, 0.2) is 24.3 Å². The first-order valence-electron chi connectivity index (χ1n) is 4.59. The van der Waals surface area contributed by atoms with Crippen LogP contribution < -0.4 is 5.14 Å². The largest absolute Gasteiger partial charge is 0.228 e. The Morgan fingerprint density at radius 2 is 2.00 bits per heavy atom. The van der Waals surface area contributed by atoms with Gasteiger partial charge in [-0.1, -0.05) is 31.2 Å². The molecule has 2 atom stereocenters. The molecule has 0 amide bonds. The Morgan fingerprint density at radius 3 is 2.57 bits per heavy atom. The van der Waals surface area contributed by atoms with Crippen LogP contribution in [0.2, 0.25) is 0 Å². The zero-order chi connectivity index (χ0) is 10.3. The van der Waals surface area contributed by atoms with Gasteiger partial charge in [0.1, 0.15) is 0 Å². The summed E-state index contributed by atoms with van der Waals surface area (Å²) in [5, 5.41) is 4.74. The zero-order valence-electron chi connectivity index (χ0n) is 7.97. The first-order valence-corrected chi connectivity index (χ1v) is 6.20. The van der Waals surface area contributed by atoms with Crippen molar-refractivity contribution >= 4 is 10.0 Å². The van der Waals surface area contributed by atoms with Crippen molar-refractivity contribution < 1.29 is 8.42 Å². The summed E-state index contributed by atoms with van der Waals surface area (Å²) in [4.78, 5) is 0. The molecule has 1 aromatic carbocycles. The molecule has 0 saturated carbocycles. The van der Waals surface area contributed by atoms with Crippen molar-refractivity contribution in [1.82, 2.24) is 0 Å². The van der Waals surface area contributed by atoms with Gasteiger partial charge in [0, 0.05) is 0 Å². The van der Waals surface area contributed by atoms with Crippen LogP contribution in [0.4, 0.5) is 0 Å². The third kappa shape index (κ3) is 1.44. The van der Waals surface area contributed by atoms with Gasteiger partial charge in [-0.15, -0.1) is 0 Å². The van der Waals surface area contributed by atoms with E-state index >= 15 is 0 Å². The maximum absolute atomic E-state index is 11.3. The minimum atomic E-state index is -3.42. The molecule has 1 aliphatic rings. The van der Waals surface area contributed by atoms with E-state index in [1.807, 2.05) is 31.2 Å². The monoisotopic (exact) mass is 211 g/mol. The number of rotatable bonds is 1. The third-order valence-electron chi connectivity index (χ3n) is 2.95. The molecule has 1 aromatic rings. The van der Waals surface area contributed by atoms with E-state index in [9.17, 15) is 8.42 Å². The first-order chi connectivity index (χ1) is 6.50. The van der Waals surface area contributed by atoms with Crippen molar-refractivity contribution in [2.45, 2.75) is 24.5 Å². The van der Waals surface area contributed by atoms with Crippen LogP contribution >= 0.6 is 0 Å². The maximum Gasteiger partial charge on any atom is 0.212 e. The van der Waals surface area contributed by atoms with Crippen molar-refractivity contribution in [1.29, 1.82) is 0 Å². The average Bonchev–Trinajstić information content (AvgIpc) is 2.44. The second-order valence-electron chi connectivity index (χ2n) is 3.82. The number of nitrogens with two attached hydrogens (primary N) is 1. The summed E-state index contributed by atoms with van der Waals surface area (Å²) in [6.07, 6.45) is 0.552. The van der Waals surface area contributed by atoms with Crippen LogP contribution in [0.5, 0.6) is 0 Å². The van der Waals surface area contributed by atoms with Gasteiger partial charge in [0.15, 0.2) is 0 Å². The van der Waals surface area contributed by atoms with Crippen LogP contribution in [0, 0.1) is 0 Å². The van der Waals surface area contributed by atoms with E-state index in [0.717, 1.165) is 11.1 Å². The molecule has 3 nitrogen and oxygen atoms in total. The third-order valence-corrected chi connectivity index (χ3v) is 4.37. The molecule has 0 fully saturated rings. The summed E-state index contributed by atoms with van der Waals surface area (Å²) >= 11 is 0. The Bertz CT molecular complexity index is 453. The lowest BCUT2D eigenvalue weighted by atomic mass is 10.0. The number of primary sulfonamides is 1. The Balaban J connectivity index is 2.44. The second-order valence-corrected chi connectivity index (χ2v) is 5.60. The van der Waals surface area contributed by atoms with Gasteiger partial charge >= 0.3 is 0 Å². The first kappa shape index (κ1) is 9.68. The lowest BCUT2D eigenvalue weighted by Gasteiger charge is -2.12. The molecule has 0 saturated heterocycles. The average molecular weight is 211 g/mol. The van der Waals surface area contributed by atoms with Gasteiger partial charge in [-0.2, -0.15) is 0 Å². The molecule has 0 heterocycles. The van der Waals surface area contributed by atoms with E-state index < -0.39 is 15.3 Å². The molecular weight excluding hydrogens is 198 g/mol. The number of fused-ring (bicyclic) bond motifs is 1. The Morgan fingerprint density at radius 1 is 1.36 bits per heavy atom. The number of sulfonamides is 1. The van der Waals surface area contributed by atoms with Crippen molar-refractivity contribution in [3.63, 3.8) is 0 Å². The Labute approximate surface area is 84.0 Å². The van der Waals surface area contributed by atoms with Crippen LogP contribution in [-0.4, -0.2) is 13.7 Å². The van der Waals surface area contributed by atoms with Crippen LogP contribution in [0.25, 0.3) is 0 Å². The highest BCUT2D eigenvalue weighted by atomic mass is 32.2. The lowest BCUT2D eigenvalue weighted by molar-refractivity contribution is 0.571. The van der Waals surface area contributed by atoms with Gasteiger partial charge < -0.3 is 0 Å². The van der Waals surface area contributed by atoms with Crippen molar-refractivity contribution in [3.05, 3.63) is 35.4 Å². The number of hydrogen-bond acceptors (Lipinski definition) is 2. The Kier molecular flexibility index (Phi) is 2.12. The van der Waals surface area contributed by atoms with Crippen LogP contribution in [0.3, 0.4) is 0 Å². The van der Waals surface area contributed by atoms with Crippen molar-refractivity contribution in [2.24, 2.45) is 5.14 Å². The van der Waals surface area contributed by atoms with E-state index in [0.29, 0.717) is 6.42 Å². The molecule has 76 valence electrons. The summed E-state index contributed by atoms with van der Waals surface area (Å²) in [6.45, 7) is 1.92. The zero-order valence-corrected chi connectivity index (χ0v) is 8.79. The minimum Gasteiger partial charge on any atom is -0.228 e.